The molecule has 0 aliphatic rings. The van der Waals surface area contributed by atoms with E-state index in [2.05, 4.69) is 20.4 Å². The summed E-state index contributed by atoms with van der Waals surface area (Å²) in [5.41, 5.74) is 3.84. The first-order valence-electron chi connectivity index (χ1n) is 8.66. The van der Waals surface area contributed by atoms with E-state index < -0.39 is 0 Å². The van der Waals surface area contributed by atoms with Gasteiger partial charge in [0.05, 0.1) is 17.9 Å². The molecule has 0 aliphatic heterocycles. The van der Waals surface area contributed by atoms with Crippen LogP contribution in [0.15, 0.2) is 30.6 Å². The molecule has 0 spiro atoms. The Kier molecular flexibility index (Phi) is 6.19. The van der Waals surface area contributed by atoms with Crippen LogP contribution in [0, 0.1) is 6.92 Å². The highest BCUT2D eigenvalue weighted by Crippen LogP contribution is 2.30. The van der Waals surface area contributed by atoms with E-state index in [1.807, 2.05) is 49.8 Å². The number of aromatic nitrogens is 4. The molecule has 0 saturated carbocycles. The molecule has 2 heterocycles. The van der Waals surface area contributed by atoms with Crippen molar-refractivity contribution in [2.75, 3.05) is 18.5 Å². The molecule has 6 nitrogen and oxygen atoms in total. The van der Waals surface area contributed by atoms with Crippen molar-refractivity contribution in [3.63, 3.8) is 0 Å². The standard InChI is InChI=1S/C19H21Cl2N5O/c1-4-15-16(21)18(24-11-23-15)22-9-10-27-19-12(2)17(26(3)25-19)13-5-7-14(20)8-6-13/h5-8,11H,4,9-10H2,1-3H3,(H,22,23,24). The van der Waals surface area contributed by atoms with Crippen LogP contribution in [0.2, 0.25) is 10.0 Å². The number of halogens is 2. The van der Waals surface area contributed by atoms with Crippen LogP contribution in [0.1, 0.15) is 18.2 Å². The maximum atomic E-state index is 6.28. The predicted molar refractivity (Wildman–Crippen MR) is 109 cm³/mol. The Labute approximate surface area is 168 Å². The molecule has 3 rings (SSSR count). The van der Waals surface area contributed by atoms with Crippen LogP contribution in [0.25, 0.3) is 11.3 Å². The molecule has 0 bridgehead atoms. The minimum atomic E-state index is 0.430. The first-order valence-corrected chi connectivity index (χ1v) is 9.42. The summed E-state index contributed by atoms with van der Waals surface area (Å²) in [6, 6.07) is 7.67. The molecule has 0 unspecified atom stereocenters. The fourth-order valence-electron chi connectivity index (χ4n) is 2.85. The molecule has 27 heavy (non-hydrogen) atoms. The number of hydrogen-bond acceptors (Lipinski definition) is 5. The van der Waals surface area contributed by atoms with Crippen LogP contribution >= 0.6 is 23.2 Å². The van der Waals surface area contributed by atoms with E-state index in [9.17, 15) is 0 Å². The van der Waals surface area contributed by atoms with Gasteiger partial charge in [0, 0.05) is 23.2 Å². The molecule has 142 valence electrons. The zero-order chi connectivity index (χ0) is 19.4. The number of nitrogens with zero attached hydrogens (tertiary/aromatic N) is 4. The Bertz CT molecular complexity index is 925. The fourth-order valence-corrected chi connectivity index (χ4v) is 3.27. The van der Waals surface area contributed by atoms with Crippen LogP contribution in [-0.4, -0.2) is 32.9 Å². The highest BCUT2D eigenvalue weighted by Gasteiger charge is 2.15. The molecule has 0 aliphatic carbocycles. The molecule has 0 radical (unpaired) electrons. The van der Waals surface area contributed by atoms with Gasteiger partial charge in [-0.15, -0.1) is 5.10 Å². The molecule has 1 aromatic carbocycles. The van der Waals surface area contributed by atoms with Crippen molar-refractivity contribution in [3.8, 4) is 17.1 Å². The van der Waals surface area contributed by atoms with Crippen molar-refractivity contribution < 1.29 is 4.74 Å². The smallest absolute Gasteiger partial charge is 0.236 e. The second kappa shape index (κ2) is 8.59. The summed E-state index contributed by atoms with van der Waals surface area (Å²) >= 11 is 12.3. The van der Waals surface area contributed by atoms with Crippen LogP contribution in [-0.2, 0) is 13.5 Å². The van der Waals surface area contributed by atoms with Gasteiger partial charge in [-0.25, -0.2) is 9.97 Å². The van der Waals surface area contributed by atoms with Gasteiger partial charge in [0.1, 0.15) is 23.8 Å². The fraction of sp³-hybridized carbons (Fsp3) is 0.316. The van der Waals surface area contributed by atoms with Crippen molar-refractivity contribution >= 4 is 29.0 Å². The van der Waals surface area contributed by atoms with Crippen LogP contribution in [0.3, 0.4) is 0 Å². The Morgan fingerprint density at radius 1 is 1.15 bits per heavy atom. The maximum Gasteiger partial charge on any atom is 0.236 e. The van der Waals surface area contributed by atoms with E-state index in [1.165, 1.54) is 6.33 Å². The van der Waals surface area contributed by atoms with Gasteiger partial charge in [0.15, 0.2) is 0 Å². The zero-order valence-corrected chi connectivity index (χ0v) is 17.0. The summed E-state index contributed by atoms with van der Waals surface area (Å²) in [4.78, 5) is 8.33. The maximum absolute atomic E-state index is 6.28. The lowest BCUT2D eigenvalue weighted by Crippen LogP contribution is -2.14. The average molecular weight is 406 g/mol. The Balaban J connectivity index is 1.64. The van der Waals surface area contributed by atoms with E-state index in [-0.39, 0.29) is 0 Å². The molecule has 0 saturated heterocycles. The number of hydrogen-bond donors (Lipinski definition) is 1. The second-order valence-electron chi connectivity index (χ2n) is 6.02. The van der Waals surface area contributed by atoms with Crippen molar-refractivity contribution in [1.82, 2.24) is 19.7 Å². The second-order valence-corrected chi connectivity index (χ2v) is 6.84. The molecular formula is C19H21Cl2N5O. The summed E-state index contributed by atoms with van der Waals surface area (Å²) in [6.45, 7) is 4.98. The van der Waals surface area contributed by atoms with Gasteiger partial charge in [-0.2, -0.15) is 0 Å². The molecule has 0 atom stereocenters. The summed E-state index contributed by atoms with van der Waals surface area (Å²) in [5, 5.41) is 8.92. The van der Waals surface area contributed by atoms with E-state index in [4.69, 9.17) is 27.9 Å². The van der Waals surface area contributed by atoms with Gasteiger partial charge in [0.25, 0.3) is 0 Å². The van der Waals surface area contributed by atoms with Crippen molar-refractivity contribution in [1.29, 1.82) is 0 Å². The number of rotatable bonds is 7. The highest BCUT2D eigenvalue weighted by molar-refractivity contribution is 6.33. The lowest BCUT2D eigenvalue weighted by atomic mass is 10.1. The normalized spacial score (nSPS) is 10.9. The third-order valence-electron chi connectivity index (χ3n) is 4.19. The minimum absolute atomic E-state index is 0.430. The van der Waals surface area contributed by atoms with Gasteiger partial charge in [-0.3, -0.25) is 4.68 Å². The topological polar surface area (TPSA) is 64.9 Å². The third kappa shape index (κ3) is 4.34. The monoisotopic (exact) mass is 405 g/mol. The lowest BCUT2D eigenvalue weighted by Gasteiger charge is -2.09. The molecule has 8 heteroatoms. The number of nitrogens with one attached hydrogen (secondary N) is 1. The number of ether oxygens (including phenoxy) is 1. The average Bonchev–Trinajstić information content (AvgIpc) is 2.94. The van der Waals surface area contributed by atoms with Gasteiger partial charge in [0.2, 0.25) is 5.88 Å². The largest absolute Gasteiger partial charge is 0.475 e. The van der Waals surface area contributed by atoms with Crippen molar-refractivity contribution in [2.45, 2.75) is 20.3 Å². The minimum Gasteiger partial charge on any atom is -0.475 e. The molecule has 1 N–H and O–H groups in total. The SMILES string of the molecule is CCc1ncnc(NCCOc2nn(C)c(-c3ccc(Cl)cc3)c2C)c1Cl. The van der Waals surface area contributed by atoms with Crippen LogP contribution in [0.5, 0.6) is 5.88 Å². The van der Waals surface area contributed by atoms with Gasteiger partial charge in [-0.1, -0.05) is 42.3 Å². The molecular weight excluding hydrogens is 385 g/mol. The van der Waals surface area contributed by atoms with Crippen LogP contribution in [0.4, 0.5) is 5.82 Å². The molecule has 0 fully saturated rings. The van der Waals surface area contributed by atoms with Crippen molar-refractivity contribution in [3.05, 3.63) is 51.9 Å². The Morgan fingerprint density at radius 3 is 2.59 bits per heavy atom. The van der Waals surface area contributed by atoms with E-state index >= 15 is 0 Å². The van der Waals surface area contributed by atoms with Crippen molar-refractivity contribution in [2.24, 2.45) is 7.05 Å². The van der Waals surface area contributed by atoms with E-state index in [1.54, 1.807) is 0 Å². The summed E-state index contributed by atoms with van der Waals surface area (Å²) in [7, 11) is 1.90. The number of benzene rings is 1. The number of aryl methyl sites for hydroxylation is 2. The zero-order valence-electron chi connectivity index (χ0n) is 15.5. The highest BCUT2D eigenvalue weighted by atomic mass is 35.5. The molecule has 3 aromatic rings. The first-order chi connectivity index (χ1) is 13.0. The summed E-state index contributed by atoms with van der Waals surface area (Å²) < 4.78 is 7.67. The first kappa shape index (κ1) is 19.5. The molecule has 2 aromatic heterocycles. The third-order valence-corrected chi connectivity index (χ3v) is 4.84. The van der Waals surface area contributed by atoms with Gasteiger partial charge >= 0.3 is 0 Å². The van der Waals surface area contributed by atoms with E-state index in [0.29, 0.717) is 34.9 Å². The summed E-state index contributed by atoms with van der Waals surface area (Å²) in [5.74, 6) is 1.22. The molecule has 0 amide bonds. The Morgan fingerprint density at radius 2 is 1.89 bits per heavy atom. The predicted octanol–water partition coefficient (Wildman–Crippen LogP) is 4.55. The summed E-state index contributed by atoms with van der Waals surface area (Å²) in [6.07, 6.45) is 2.27. The van der Waals surface area contributed by atoms with Gasteiger partial charge < -0.3 is 10.1 Å². The number of anilines is 1. The van der Waals surface area contributed by atoms with Crippen LogP contribution < -0.4 is 10.1 Å². The quantitative estimate of drug-likeness (QED) is 0.584. The Hall–Kier alpha value is -2.31. The lowest BCUT2D eigenvalue weighted by molar-refractivity contribution is 0.314. The van der Waals surface area contributed by atoms with Gasteiger partial charge in [-0.05, 0) is 25.5 Å². The van der Waals surface area contributed by atoms with E-state index in [0.717, 1.165) is 28.9 Å².